The van der Waals surface area contributed by atoms with Crippen molar-refractivity contribution in [1.82, 2.24) is 0 Å². The standard InChI is InChI=1S/C8H5N3O4/c12-8(13)6-2-4-1-5(11(14)15)3-9-7(4)10-6/h1-4H,(H,12,13)/t4-/m1/s1. The summed E-state index contributed by atoms with van der Waals surface area (Å²) in [5.74, 6) is -1.39. The first-order valence-electron chi connectivity index (χ1n) is 4.02. The third-order valence-corrected chi connectivity index (χ3v) is 1.98. The molecule has 1 atom stereocenters. The fourth-order valence-electron chi connectivity index (χ4n) is 1.30. The van der Waals surface area contributed by atoms with Crippen molar-refractivity contribution >= 4 is 18.0 Å². The van der Waals surface area contributed by atoms with Crippen LogP contribution >= 0.6 is 0 Å². The lowest BCUT2D eigenvalue weighted by Crippen LogP contribution is -2.14. The van der Waals surface area contributed by atoms with Gasteiger partial charge in [-0.1, -0.05) is 0 Å². The second kappa shape index (κ2) is 3.12. The number of amidine groups is 1. The number of aliphatic carboxylic acids is 1. The summed E-state index contributed by atoms with van der Waals surface area (Å²) in [5.41, 5.74) is -0.283. The lowest BCUT2D eigenvalue weighted by atomic mass is 10.1. The van der Waals surface area contributed by atoms with Crippen LogP contribution in [0.15, 0.2) is 33.5 Å². The van der Waals surface area contributed by atoms with Crippen LogP contribution in [0.4, 0.5) is 0 Å². The van der Waals surface area contributed by atoms with Gasteiger partial charge in [-0.15, -0.1) is 0 Å². The lowest BCUT2D eigenvalue weighted by Gasteiger charge is -2.05. The molecular formula is C8H5N3O4. The summed E-state index contributed by atoms with van der Waals surface area (Å²) in [7, 11) is 0. The van der Waals surface area contributed by atoms with Gasteiger partial charge in [-0.3, -0.25) is 10.1 Å². The second-order valence-corrected chi connectivity index (χ2v) is 2.96. The molecule has 0 amide bonds. The van der Waals surface area contributed by atoms with Gasteiger partial charge in [0, 0.05) is 6.08 Å². The van der Waals surface area contributed by atoms with E-state index in [-0.39, 0.29) is 17.2 Å². The molecule has 0 aliphatic carbocycles. The number of allylic oxidation sites excluding steroid dienone is 1. The van der Waals surface area contributed by atoms with E-state index in [4.69, 9.17) is 5.11 Å². The molecule has 0 aromatic rings. The molecule has 2 aliphatic heterocycles. The van der Waals surface area contributed by atoms with Crippen molar-refractivity contribution in [2.75, 3.05) is 0 Å². The van der Waals surface area contributed by atoms with Crippen molar-refractivity contribution in [3.05, 3.63) is 33.7 Å². The predicted molar refractivity (Wildman–Crippen MR) is 50.2 cm³/mol. The zero-order valence-corrected chi connectivity index (χ0v) is 7.32. The monoisotopic (exact) mass is 207 g/mol. The van der Waals surface area contributed by atoms with Gasteiger partial charge in [0.25, 0.3) is 5.70 Å². The minimum atomic E-state index is -1.16. The first kappa shape index (κ1) is 9.25. The van der Waals surface area contributed by atoms with Crippen molar-refractivity contribution in [3.63, 3.8) is 0 Å². The summed E-state index contributed by atoms with van der Waals surface area (Å²) in [5, 5.41) is 19.1. The predicted octanol–water partition coefficient (Wildman–Crippen LogP) is 0.228. The van der Waals surface area contributed by atoms with E-state index in [1.807, 2.05) is 0 Å². The molecule has 0 unspecified atom stereocenters. The van der Waals surface area contributed by atoms with E-state index in [1.54, 1.807) is 0 Å². The van der Waals surface area contributed by atoms with Crippen LogP contribution < -0.4 is 0 Å². The molecule has 2 rings (SSSR count). The summed E-state index contributed by atoms with van der Waals surface area (Å²) in [6.45, 7) is 0. The van der Waals surface area contributed by atoms with E-state index in [0.29, 0.717) is 0 Å². The zero-order valence-electron chi connectivity index (χ0n) is 7.32. The molecule has 0 aromatic carbocycles. The maximum Gasteiger partial charge on any atom is 0.354 e. The van der Waals surface area contributed by atoms with Crippen molar-refractivity contribution in [3.8, 4) is 0 Å². The highest BCUT2D eigenvalue weighted by atomic mass is 16.6. The van der Waals surface area contributed by atoms with Gasteiger partial charge >= 0.3 is 5.97 Å². The van der Waals surface area contributed by atoms with Crippen LogP contribution in [0.2, 0.25) is 0 Å². The Balaban J connectivity index is 2.34. The summed E-state index contributed by atoms with van der Waals surface area (Å²) >= 11 is 0. The van der Waals surface area contributed by atoms with E-state index in [2.05, 4.69) is 9.98 Å². The Morgan fingerprint density at radius 2 is 2.27 bits per heavy atom. The maximum absolute atomic E-state index is 10.6. The zero-order chi connectivity index (χ0) is 11.0. The molecule has 0 saturated heterocycles. The molecule has 1 N–H and O–H groups in total. The van der Waals surface area contributed by atoms with Gasteiger partial charge in [0.05, 0.1) is 10.8 Å². The molecule has 2 aliphatic rings. The molecule has 76 valence electrons. The third kappa shape index (κ3) is 1.54. The van der Waals surface area contributed by atoms with E-state index in [0.717, 1.165) is 6.21 Å². The minimum absolute atomic E-state index is 0.131. The number of carbonyl (C=O) groups is 1. The summed E-state index contributed by atoms with van der Waals surface area (Å²) < 4.78 is 0. The Hall–Kier alpha value is -2.31. The second-order valence-electron chi connectivity index (χ2n) is 2.96. The largest absolute Gasteiger partial charge is 0.477 e. The minimum Gasteiger partial charge on any atom is -0.477 e. The first-order chi connectivity index (χ1) is 7.08. The Bertz CT molecular complexity index is 460. The Kier molecular flexibility index (Phi) is 1.93. The highest BCUT2D eigenvalue weighted by Crippen LogP contribution is 2.23. The van der Waals surface area contributed by atoms with E-state index >= 15 is 0 Å². The summed E-state index contributed by atoms with van der Waals surface area (Å²) in [6, 6.07) is 0. The number of rotatable bonds is 2. The average molecular weight is 207 g/mol. The molecule has 7 nitrogen and oxygen atoms in total. The molecule has 0 spiro atoms. The maximum atomic E-state index is 10.6. The van der Waals surface area contributed by atoms with Crippen molar-refractivity contribution in [2.45, 2.75) is 0 Å². The molecule has 2 heterocycles. The number of aliphatic imine (C=N–C) groups is 2. The smallest absolute Gasteiger partial charge is 0.354 e. The molecule has 0 radical (unpaired) electrons. The van der Waals surface area contributed by atoms with E-state index in [9.17, 15) is 14.9 Å². The molecule has 0 fully saturated rings. The van der Waals surface area contributed by atoms with Gasteiger partial charge in [0.1, 0.15) is 17.7 Å². The van der Waals surface area contributed by atoms with Crippen LogP contribution in [0.1, 0.15) is 0 Å². The number of dihydropyridines is 1. The van der Waals surface area contributed by atoms with E-state index < -0.39 is 16.8 Å². The molecule has 7 heteroatoms. The number of carboxylic acid groups (broad SMARTS) is 1. The van der Waals surface area contributed by atoms with Crippen molar-refractivity contribution in [2.24, 2.45) is 15.9 Å². The van der Waals surface area contributed by atoms with Crippen LogP contribution in [0.25, 0.3) is 0 Å². The van der Waals surface area contributed by atoms with Gasteiger partial charge in [0.2, 0.25) is 0 Å². The van der Waals surface area contributed by atoms with Gasteiger partial charge in [-0.05, 0) is 6.08 Å². The van der Waals surface area contributed by atoms with Crippen molar-refractivity contribution in [1.29, 1.82) is 0 Å². The van der Waals surface area contributed by atoms with Crippen LogP contribution in [-0.4, -0.2) is 28.0 Å². The highest BCUT2D eigenvalue weighted by Gasteiger charge is 2.28. The number of nitrogens with zero attached hydrogens (tertiary/aromatic N) is 3. The molecule has 15 heavy (non-hydrogen) atoms. The molecular weight excluding hydrogens is 202 g/mol. The van der Waals surface area contributed by atoms with Gasteiger partial charge < -0.3 is 5.11 Å². The number of hydrogen-bond donors (Lipinski definition) is 1. The fraction of sp³-hybridized carbons (Fsp3) is 0.125. The third-order valence-electron chi connectivity index (χ3n) is 1.98. The Morgan fingerprint density at radius 1 is 1.53 bits per heavy atom. The van der Waals surface area contributed by atoms with E-state index in [1.165, 1.54) is 12.2 Å². The van der Waals surface area contributed by atoms with Crippen LogP contribution in [0, 0.1) is 16.0 Å². The number of carboxylic acids is 1. The van der Waals surface area contributed by atoms with Crippen LogP contribution in [0.3, 0.4) is 0 Å². The number of fused-ring (bicyclic) bond motifs is 1. The normalized spacial score (nSPS) is 22.7. The quantitative estimate of drug-likeness (QED) is 0.516. The van der Waals surface area contributed by atoms with Crippen LogP contribution in [-0.2, 0) is 4.79 Å². The Morgan fingerprint density at radius 3 is 2.87 bits per heavy atom. The number of nitro groups is 1. The Labute approximate surface area is 83.3 Å². The summed E-state index contributed by atoms with van der Waals surface area (Å²) in [4.78, 5) is 27.9. The van der Waals surface area contributed by atoms with Crippen LogP contribution in [0.5, 0.6) is 0 Å². The SMILES string of the molecule is O=C(O)C1=C[C@H]2C=C([N+](=O)[O-])C=NC2=N1. The summed E-state index contributed by atoms with van der Waals surface area (Å²) in [6.07, 6.45) is 3.72. The van der Waals surface area contributed by atoms with Crippen molar-refractivity contribution < 1.29 is 14.8 Å². The van der Waals surface area contributed by atoms with Gasteiger partial charge in [-0.2, -0.15) is 0 Å². The topological polar surface area (TPSA) is 105 Å². The molecule has 0 bridgehead atoms. The fourth-order valence-corrected chi connectivity index (χ4v) is 1.30. The average Bonchev–Trinajstić information content (AvgIpc) is 2.59. The highest BCUT2D eigenvalue weighted by molar-refractivity contribution is 6.05. The van der Waals surface area contributed by atoms with Gasteiger partial charge in [0.15, 0.2) is 0 Å². The molecule has 0 saturated carbocycles. The first-order valence-corrected chi connectivity index (χ1v) is 4.02. The molecule has 0 aromatic heterocycles. The number of hydrogen-bond acceptors (Lipinski definition) is 5. The van der Waals surface area contributed by atoms with Gasteiger partial charge in [-0.25, -0.2) is 14.8 Å². The lowest BCUT2D eigenvalue weighted by molar-refractivity contribution is -0.414.